The van der Waals surface area contributed by atoms with E-state index in [1.807, 2.05) is 19.1 Å². The highest BCUT2D eigenvalue weighted by Crippen LogP contribution is 2.17. The first kappa shape index (κ1) is 22.4. The second-order valence-electron chi connectivity index (χ2n) is 7.17. The number of piperazine rings is 3. The fraction of sp³-hybridized carbons (Fsp3) is 0.611. The van der Waals surface area contributed by atoms with E-state index in [2.05, 4.69) is 25.4 Å². The Morgan fingerprint density at radius 2 is 1.93 bits per heavy atom. The number of halogens is 1. The predicted molar refractivity (Wildman–Crippen MR) is 120 cm³/mol. The Bertz CT molecular complexity index is 776. The molecule has 3 heterocycles. The summed E-state index contributed by atoms with van der Waals surface area (Å²) in [6, 6.07) is 5.98. The third kappa shape index (κ3) is 5.78. The Hall–Kier alpha value is -0.910. The molecule has 3 saturated heterocycles. The van der Waals surface area contributed by atoms with Crippen molar-refractivity contribution in [1.82, 2.24) is 20.4 Å². The molecule has 2 bridgehead atoms. The van der Waals surface area contributed by atoms with E-state index in [0.717, 1.165) is 43.3 Å². The zero-order chi connectivity index (χ0) is 18.7. The molecular weight excluding hydrogens is 477 g/mol. The molecule has 0 spiro atoms. The fourth-order valence-corrected chi connectivity index (χ4v) is 4.74. The van der Waals surface area contributed by atoms with Gasteiger partial charge >= 0.3 is 0 Å². The number of aliphatic imine (C=N–C) groups is 1. The maximum absolute atomic E-state index is 11.7. The van der Waals surface area contributed by atoms with Crippen LogP contribution >= 0.6 is 24.0 Å². The number of benzene rings is 1. The van der Waals surface area contributed by atoms with Crippen molar-refractivity contribution in [1.29, 1.82) is 0 Å². The van der Waals surface area contributed by atoms with E-state index < -0.39 is 9.84 Å². The maximum atomic E-state index is 11.7. The molecule has 0 radical (unpaired) electrons. The predicted octanol–water partition coefficient (Wildman–Crippen LogP) is 0.681. The Morgan fingerprint density at radius 3 is 2.44 bits per heavy atom. The van der Waals surface area contributed by atoms with E-state index >= 15 is 0 Å². The Labute approximate surface area is 179 Å². The largest absolute Gasteiger partial charge is 0.355 e. The number of hydrogen-bond acceptors (Lipinski definition) is 5. The Kier molecular flexibility index (Phi) is 7.90. The van der Waals surface area contributed by atoms with Crippen molar-refractivity contribution >= 4 is 39.8 Å². The highest BCUT2D eigenvalue weighted by molar-refractivity contribution is 14.0. The lowest BCUT2D eigenvalue weighted by Crippen LogP contribution is -2.63. The standard InChI is InChI=1S/C18H29N5O2S.HI/c1-14-10-15(4-5-17(14)26(3,24)25)11-20-18(19-2)21-12-16-13-22-6-8-23(16)9-7-22;/h4-5,10,16H,6-9,11-13H2,1-3H3,(H2,19,20,21);1H. The van der Waals surface area contributed by atoms with Crippen molar-refractivity contribution in [3.05, 3.63) is 29.3 Å². The van der Waals surface area contributed by atoms with Crippen LogP contribution in [0.5, 0.6) is 0 Å². The van der Waals surface area contributed by atoms with Crippen LogP contribution in [0.3, 0.4) is 0 Å². The maximum Gasteiger partial charge on any atom is 0.191 e. The lowest BCUT2D eigenvalue weighted by Gasteiger charge is -2.47. The molecule has 1 atom stereocenters. The summed E-state index contributed by atoms with van der Waals surface area (Å²) in [4.78, 5) is 9.76. The van der Waals surface area contributed by atoms with Crippen LogP contribution in [0, 0.1) is 6.92 Å². The van der Waals surface area contributed by atoms with Crippen molar-refractivity contribution in [3.63, 3.8) is 0 Å². The van der Waals surface area contributed by atoms with Gasteiger partial charge in [-0.25, -0.2) is 8.42 Å². The zero-order valence-corrected chi connectivity index (χ0v) is 19.4. The quantitative estimate of drug-likeness (QED) is 0.347. The van der Waals surface area contributed by atoms with Crippen LogP contribution < -0.4 is 10.6 Å². The van der Waals surface area contributed by atoms with Gasteiger partial charge in [-0.1, -0.05) is 12.1 Å². The van der Waals surface area contributed by atoms with Crippen molar-refractivity contribution in [2.75, 3.05) is 52.6 Å². The fourth-order valence-electron chi connectivity index (χ4n) is 3.78. The lowest BCUT2D eigenvalue weighted by atomic mass is 10.1. The molecule has 1 unspecified atom stereocenters. The van der Waals surface area contributed by atoms with Crippen LogP contribution in [0.2, 0.25) is 0 Å². The van der Waals surface area contributed by atoms with Gasteiger partial charge < -0.3 is 10.6 Å². The van der Waals surface area contributed by atoms with E-state index in [9.17, 15) is 8.42 Å². The van der Waals surface area contributed by atoms with Gasteiger partial charge in [0, 0.05) is 65.2 Å². The summed E-state index contributed by atoms with van der Waals surface area (Å²) in [5.74, 6) is 0.771. The van der Waals surface area contributed by atoms with Crippen molar-refractivity contribution in [2.45, 2.75) is 24.4 Å². The van der Waals surface area contributed by atoms with Gasteiger partial charge in [-0.3, -0.25) is 14.8 Å². The second kappa shape index (κ2) is 9.53. The molecule has 3 fully saturated rings. The molecule has 0 amide bonds. The first-order valence-electron chi connectivity index (χ1n) is 9.07. The molecule has 9 heteroatoms. The van der Waals surface area contributed by atoms with Crippen molar-refractivity contribution in [2.24, 2.45) is 4.99 Å². The number of rotatable bonds is 5. The smallest absolute Gasteiger partial charge is 0.191 e. The Balaban J connectivity index is 0.00000261. The average molecular weight is 507 g/mol. The number of fused-ring (bicyclic) bond motifs is 3. The minimum absolute atomic E-state index is 0. The highest BCUT2D eigenvalue weighted by atomic mass is 127. The molecule has 3 aliphatic rings. The highest BCUT2D eigenvalue weighted by Gasteiger charge is 2.31. The first-order valence-corrected chi connectivity index (χ1v) is 11.0. The molecule has 4 rings (SSSR count). The van der Waals surface area contributed by atoms with Crippen LogP contribution in [-0.2, 0) is 16.4 Å². The SMILES string of the molecule is CN=C(NCc1ccc(S(C)(=O)=O)c(C)c1)NCC1CN2CCN1CC2.I. The zero-order valence-electron chi connectivity index (χ0n) is 16.2. The molecular formula is C18H30IN5O2S. The first-order chi connectivity index (χ1) is 12.4. The summed E-state index contributed by atoms with van der Waals surface area (Å²) >= 11 is 0. The molecule has 1 aromatic rings. The normalized spacial score (nSPS) is 25.0. The van der Waals surface area contributed by atoms with E-state index in [1.54, 1.807) is 13.1 Å². The van der Waals surface area contributed by atoms with Crippen LogP contribution in [0.4, 0.5) is 0 Å². The van der Waals surface area contributed by atoms with Gasteiger partial charge in [0.1, 0.15) is 0 Å². The summed E-state index contributed by atoms with van der Waals surface area (Å²) < 4.78 is 23.4. The van der Waals surface area contributed by atoms with Crippen molar-refractivity contribution < 1.29 is 8.42 Å². The van der Waals surface area contributed by atoms with Gasteiger partial charge in [0.05, 0.1) is 4.90 Å². The van der Waals surface area contributed by atoms with Gasteiger partial charge in [0.2, 0.25) is 0 Å². The number of nitrogens with zero attached hydrogens (tertiary/aromatic N) is 3. The molecule has 1 aromatic carbocycles. The monoisotopic (exact) mass is 507 g/mol. The van der Waals surface area contributed by atoms with Gasteiger partial charge in [-0.2, -0.15) is 0 Å². The van der Waals surface area contributed by atoms with Crippen LogP contribution in [0.15, 0.2) is 28.1 Å². The lowest BCUT2D eigenvalue weighted by molar-refractivity contribution is 0.0154. The minimum atomic E-state index is -3.18. The van der Waals surface area contributed by atoms with Crippen LogP contribution in [0.1, 0.15) is 11.1 Å². The molecule has 0 aliphatic carbocycles. The Morgan fingerprint density at radius 1 is 1.22 bits per heavy atom. The summed E-state index contributed by atoms with van der Waals surface area (Å²) in [6.45, 7) is 9.12. The number of aryl methyl sites for hydroxylation is 1. The third-order valence-corrected chi connectivity index (χ3v) is 6.48. The van der Waals surface area contributed by atoms with Gasteiger partial charge in [-0.15, -0.1) is 24.0 Å². The van der Waals surface area contributed by atoms with Gasteiger partial charge in [0.15, 0.2) is 15.8 Å². The molecule has 3 aliphatic heterocycles. The summed E-state index contributed by atoms with van der Waals surface area (Å²) in [5, 5.41) is 6.73. The summed E-state index contributed by atoms with van der Waals surface area (Å²) in [6.07, 6.45) is 1.24. The average Bonchev–Trinajstić information content (AvgIpc) is 2.62. The second-order valence-corrected chi connectivity index (χ2v) is 9.15. The topological polar surface area (TPSA) is 77.0 Å². The van der Waals surface area contributed by atoms with E-state index in [0.29, 0.717) is 17.5 Å². The number of sulfone groups is 1. The molecule has 2 N–H and O–H groups in total. The molecule has 0 aromatic heterocycles. The van der Waals surface area contributed by atoms with Gasteiger partial charge in [0.25, 0.3) is 0 Å². The summed E-state index contributed by atoms with van der Waals surface area (Å²) in [7, 11) is -1.41. The molecule has 27 heavy (non-hydrogen) atoms. The molecule has 0 saturated carbocycles. The van der Waals surface area contributed by atoms with Crippen molar-refractivity contribution in [3.8, 4) is 0 Å². The van der Waals surface area contributed by atoms with E-state index in [1.165, 1.54) is 19.3 Å². The summed E-state index contributed by atoms with van der Waals surface area (Å²) in [5.41, 5.74) is 1.80. The van der Waals surface area contributed by atoms with E-state index in [4.69, 9.17) is 0 Å². The number of nitrogens with one attached hydrogen (secondary N) is 2. The van der Waals surface area contributed by atoms with Crippen LogP contribution in [0.25, 0.3) is 0 Å². The molecule has 152 valence electrons. The molecule has 7 nitrogen and oxygen atoms in total. The minimum Gasteiger partial charge on any atom is -0.355 e. The number of hydrogen-bond donors (Lipinski definition) is 2. The van der Waals surface area contributed by atoms with Crippen LogP contribution in [-0.4, -0.2) is 82.8 Å². The van der Waals surface area contributed by atoms with Gasteiger partial charge in [-0.05, 0) is 24.1 Å². The van der Waals surface area contributed by atoms with E-state index in [-0.39, 0.29) is 24.0 Å². The third-order valence-electron chi connectivity index (χ3n) is 5.22. The number of guanidine groups is 1.